The molecule has 0 radical (unpaired) electrons. The molecule has 0 aliphatic rings. The molecule has 0 atom stereocenters. The lowest BCUT2D eigenvalue weighted by Gasteiger charge is -2.08. The van der Waals surface area contributed by atoms with E-state index in [0.717, 1.165) is 12.0 Å². The van der Waals surface area contributed by atoms with Crippen LogP contribution in [-0.2, 0) is 6.42 Å². The van der Waals surface area contributed by atoms with Gasteiger partial charge in [-0.05, 0) is 30.5 Å². The number of aromatic nitrogens is 2. The van der Waals surface area contributed by atoms with Crippen molar-refractivity contribution in [2.24, 2.45) is 5.92 Å². The average Bonchev–Trinajstić information content (AvgIpc) is 2.64. The van der Waals surface area contributed by atoms with Gasteiger partial charge in [-0.1, -0.05) is 25.4 Å². The Morgan fingerprint density at radius 3 is 2.83 bits per heavy atom. The number of nitrogen functional groups attached to an aromatic ring is 1. The Kier molecular flexibility index (Phi) is 3.57. The summed E-state index contributed by atoms with van der Waals surface area (Å²) >= 11 is 5.90. The van der Waals surface area contributed by atoms with Crippen LogP contribution >= 0.6 is 11.6 Å². The highest BCUT2D eigenvalue weighted by molar-refractivity contribution is 6.30. The minimum Gasteiger partial charge on any atom is -0.382 e. The predicted octanol–water partition coefficient (Wildman–Crippen LogP) is 3.65. The molecular formula is C13H15ClFN3. The first kappa shape index (κ1) is 12.9. The zero-order valence-corrected chi connectivity index (χ0v) is 11.1. The molecule has 0 saturated heterocycles. The van der Waals surface area contributed by atoms with Crippen LogP contribution in [0.3, 0.4) is 0 Å². The third-order valence-electron chi connectivity index (χ3n) is 2.71. The van der Waals surface area contributed by atoms with Crippen molar-refractivity contribution >= 4 is 17.4 Å². The Balaban J connectivity index is 2.53. The molecule has 0 aliphatic heterocycles. The third kappa shape index (κ3) is 2.48. The summed E-state index contributed by atoms with van der Waals surface area (Å²) in [4.78, 5) is 0. The van der Waals surface area contributed by atoms with Gasteiger partial charge in [0.2, 0.25) is 0 Å². The molecule has 1 aromatic heterocycles. The monoisotopic (exact) mass is 267 g/mol. The predicted molar refractivity (Wildman–Crippen MR) is 71.9 cm³/mol. The number of aromatic amines is 1. The molecule has 1 aromatic carbocycles. The highest BCUT2D eigenvalue weighted by atomic mass is 35.5. The van der Waals surface area contributed by atoms with Gasteiger partial charge in [0.1, 0.15) is 11.6 Å². The normalized spacial score (nSPS) is 11.2. The second-order valence-corrected chi connectivity index (χ2v) is 5.12. The van der Waals surface area contributed by atoms with E-state index in [4.69, 9.17) is 17.3 Å². The zero-order valence-electron chi connectivity index (χ0n) is 10.3. The molecule has 0 bridgehead atoms. The van der Waals surface area contributed by atoms with Crippen LogP contribution in [0.15, 0.2) is 18.2 Å². The minimum absolute atomic E-state index is 0.340. The van der Waals surface area contributed by atoms with Gasteiger partial charge < -0.3 is 5.73 Å². The Morgan fingerprint density at radius 2 is 2.17 bits per heavy atom. The fraction of sp³-hybridized carbons (Fsp3) is 0.308. The molecule has 0 spiro atoms. The Labute approximate surface area is 110 Å². The van der Waals surface area contributed by atoms with Gasteiger partial charge in [-0.15, -0.1) is 0 Å². The van der Waals surface area contributed by atoms with E-state index >= 15 is 0 Å². The van der Waals surface area contributed by atoms with Crippen molar-refractivity contribution in [1.29, 1.82) is 0 Å². The van der Waals surface area contributed by atoms with Crippen LogP contribution in [0.5, 0.6) is 0 Å². The third-order valence-corrected chi connectivity index (χ3v) is 2.94. The number of nitrogens with zero attached hydrogens (tertiary/aromatic N) is 1. The van der Waals surface area contributed by atoms with Crippen molar-refractivity contribution in [2.75, 3.05) is 5.73 Å². The van der Waals surface area contributed by atoms with E-state index in [1.54, 1.807) is 6.07 Å². The van der Waals surface area contributed by atoms with Crippen LogP contribution in [0.1, 0.15) is 19.4 Å². The fourth-order valence-electron chi connectivity index (χ4n) is 1.91. The SMILES string of the molecule is CC(C)Cc1c(N)n[nH]c1-c1cc(Cl)ccc1F. The van der Waals surface area contributed by atoms with Crippen LogP contribution in [0.4, 0.5) is 10.2 Å². The maximum absolute atomic E-state index is 13.8. The van der Waals surface area contributed by atoms with Gasteiger partial charge >= 0.3 is 0 Å². The quantitative estimate of drug-likeness (QED) is 0.892. The van der Waals surface area contributed by atoms with Crippen LogP contribution in [0.2, 0.25) is 5.02 Å². The number of hydrogen-bond acceptors (Lipinski definition) is 2. The first-order chi connectivity index (χ1) is 8.49. The van der Waals surface area contributed by atoms with Gasteiger partial charge in [-0.2, -0.15) is 5.10 Å². The molecule has 0 saturated carbocycles. The number of benzene rings is 1. The minimum atomic E-state index is -0.340. The zero-order chi connectivity index (χ0) is 13.3. The van der Waals surface area contributed by atoms with Crippen LogP contribution in [-0.4, -0.2) is 10.2 Å². The number of hydrogen-bond donors (Lipinski definition) is 2. The molecule has 18 heavy (non-hydrogen) atoms. The number of halogens is 2. The van der Waals surface area contributed by atoms with Crippen LogP contribution in [0.25, 0.3) is 11.3 Å². The van der Waals surface area contributed by atoms with E-state index < -0.39 is 0 Å². The molecule has 0 amide bonds. The molecule has 2 rings (SSSR count). The number of nitrogens with one attached hydrogen (secondary N) is 1. The first-order valence-electron chi connectivity index (χ1n) is 5.77. The lowest BCUT2D eigenvalue weighted by atomic mass is 9.99. The van der Waals surface area contributed by atoms with Crippen molar-refractivity contribution < 1.29 is 4.39 Å². The summed E-state index contributed by atoms with van der Waals surface area (Å²) in [7, 11) is 0. The molecule has 3 nitrogen and oxygen atoms in total. The topological polar surface area (TPSA) is 54.7 Å². The van der Waals surface area contributed by atoms with E-state index in [0.29, 0.717) is 28.0 Å². The highest BCUT2D eigenvalue weighted by Crippen LogP contribution is 2.31. The van der Waals surface area contributed by atoms with E-state index in [1.807, 2.05) is 0 Å². The maximum Gasteiger partial charge on any atom is 0.149 e. The molecular weight excluding hydrogens is 253 g/mol. The van der Waals surface area contributed by atoms with Crippen LogP contribution in [0, 0.1) is 11.7 Å². The van der Waals surface area contributed by atoms with Gasteiger partial charge in [0.15, 0.2) is 0 Å². The molecule has 0 aliphatic carbocycles. The summed E-state index contributed by atoms with van der Waals surface area (Å²) in [5, 5.41) is 7.23. The molecule has 0 fully saturated rings. The van der Waals surface area contributed by atoms with Gasteiger partial charge in [-0.3, -0.25) is 5.10 Å². The van der Waals surface area contributed by atoms with Crippen molar-refractivity contribution in [3.8, 4) is 11.3 Å². The largest absolute Gasteiger partial charge is 0.382 e. The summed E-state index contributed by atoms with van der Waals surface area (Å²) in [6.07, 6.45) is 0.740. The van der Waals surface area contributed by atoms with Gasteiger partial charge in [0.25, 0.3) is 0 Å². The van der Waals surface area contributed by atoms with Gasteiger partial charge in [0, 0.05) is 16.1 Å². The lowest BCUT2D eigenvalue weighted by molar-refractivity contribution is 0.628. The molecule has 5 heteroatoms. The van der Waals surface area contributed by atoms with E-state index in [1.165, 1.54) is 12.1 Å². The summed E-state index contributed by atoms with van der Waals surface area (Å²) in [5.74, 6) is 0.483. The number of rotatable bonds is 3. The van der Waals surface area contributed by atoms with Crippen molar-refractivity contribution in [1.82, 2.24) is 10.2 Å². The van der Waals surface area contributed by atoms with Crippen molar-refractivity contribution in [3.05, 3.63) is 34.6 Å². The van der Waals surface area contributed by atoms with Crippen molar-refractivity contribution in [3.63, 3.8) is 0 Å². The number of nitrogens with two attached hydrogens (primary N) is 1. The summed E-state index contributed by atoms with van der Waals surface area (Å²) in [6.45, 7) is 4.15. The number of anilines is 1. The average molecular weight is 268 g/mol. The summed E-state index contributed by atoms with van der Waals surface area (Å²) < 4.78 is 13.8. The fourth-order valence-corrected chi connectivity index (χ4v) is 2.08. The highest BCUT2D eigenvalue weighted by Gasteiger charge is 2.17. The Bertz CT molecular complexity index is 563. The second kappa shape index (κ2) is 4.98. The van der Waals surface area contributed by atoms with E-state index in [9.17, 15) is 4.39 Å². The van der Waals surface area contributed by atoms with Crippen LogP contribution < -0.4 is 5.73 Å². The molecule has 96 valence electrons. The number of H-pyrrole nitrogens is 1. The van der Waals surface area contributed by atoms with Crippen molar-refractivity contribution in [2.45, 2.75) is 20.3 Å². The molecule has 2 aromatic rings. The maximum atomic E-state index is 13.8. The van der Waals surface area contributed by atoms with Gasteiger partial charge in [0.05, 0.1) is 5.69 Å². The van der Waals surface area contributed by atoms with Gasteiger partial charge in [-0.25, -0.2) is 4.39 Å². The standard InChI is InChI=1S/C13H15ClFN3/c1-7(2)5-10-12(17-18-13(10)16)9-6-8(14)3-4-11(9)15/h3-4,6-7H,5H2,1-2H3,(H3,16,17,18). The molecule has 3 N–H and O–H groups in total. The molecule has 1 heterocycles. The Morgan fingerprint density at radius 1 is 1.44 bits per heavy atom. The first-order valence-corrected chi connectivity index (χ1v) is 6.15. The molecule has 0 unspecified atom stereocenters. The summed E-state index contributed by atoms with van der Waals surface area (Å²) in [5.41, 5.74) is 7.67. The van der Waals surface area contributed by atoms with E-state index in [-0.39, 0.29) is 5.82 Å². The summed E-state index contributed by atoms with van der Waals surface area (Å²) in [6, 6.07) is 4.43. The smallest absolute Gasteiger partial charge is 0.149 e. The second-order valence-electron chi connectivity index (χ2n) is 4.68. The Hall–Kier alpha value is -1.55. The van der Waals surface area contributed by atoms with E-state index in [2.05, 4.69) is 24.0 Å². The lowest BCUT2D eigenvalue weighted by Crippen LogP contribution is -1.99.